The van der Waals surface area contributed by atoms with Crippen molar-refractivity contribution in [3.8, 4) is 0 Å². The van der Waals surface area contributed by atoms with Crippen LogP contribution in [0, 0.1) is 0 Å². The summed E-state index contributed by atoms with van der Waals surface area (Å²) in [5.74, 6) is 0. The molecule has 0 saturated heterocycles. The quantitative estimate of drug-likeness (QED) is 0.666. The zero-order valence-electron chi connectivity index (χ0n) is 11.6. The molecule has 16 heavy (non-hydrogen) atoms. The summed E-state index contributed by atoms with van der Waals surface area (Å²) in [6.45, 7) is 14.0. The Labute approximate surface area is 101 Å². The highest BCUT2D eigenvalue weighted by atomic mass is 15.4. The van der Waals surface area contributed by atoms with Gasteiger partial charge in [-0.2, -0.15) is 0 Å². The van der Waals surface area contributed by atoms with Crippen molar-refractivity contribution < 1.29 is 0 Å². The van der Waals surface area contributed by atoms with E-state index in [1.807, 2.05) is 0 Å². The summed E-state index contributed by atoms with van der Waals surface area (Å²) in [5, 5.41) is 0. The van der Waals surface area contributed by atoms with E-state index in [4.69, 9.17) is 0 Å². The maximum atomic E-state index is 2.33. The van der Waals surface area contributed by atoms with Gasteiger partial charge < -0.3 is 0 Å². The van der Waals surface area contributed by atoms with Crippen LogP contribution in [0.1, 0.15) is 41.5 Å². The molecule has 0 spiro atoms. The maximum absolute atomic E-state index is 2.33. The van der Waals surface area contributed by atoms with Crippen LogP contribution in [0.3, 0.4) is 0 Å². The van der Waals surface area contributed by atoms with E-state index in [0.717, 1.165) is 4.48 Å². The van der Waals surface area contributed by atoms with Crippen LogP contribution in [0.2, 0.25) is 0 Å². The predicted octanol–water partition coefficient (Wildman–Crippen LogP) is 4.22. The Hall–Kier alpha value is -0.820. The Morgan fingerprint density at radius 3 is 1.38 bits per heavy atom. The first-order valence-corrected chi connectivity index (χ1v) is 6.37. The number of quaternary nitrogens is 1. The molecule has 0 saturated carbocycles. The Morgan fingerprint density at radius 2 is 1.06 bits per heavy atom. The number of hydrogen-bond acceptors (Lipinski definition) is 0. The standard InChI is InChI=1S/C15H26N/c1-12(2)16(13(3)4,14(5)6)15-10-8-7-9-11-15/h7-14H,1-6H3/q+1. The molecule has 0 aliphatic carbocycles. The molecule has 0 heterocycles. The summed E-state index contributed by atoms with van der Waals surface area (Å²) in [7, 11) is 0. The van der Waals surface area contributed by atoms with Crippen molar-refractivity contribution in [2.24, 2.45) is 0 Å². The minimum Gasteiger partial charge on any atom is -0.285 e. The minimum absolute atomic E-state index is 0.599. The van der Waals surface area contributed by atoms with Crippen LogP contribution in [0.4, 0.5) is 5.69 Å². The van der Waals surface area contributed by atoms with E-state index in [9.17, 15) is 0 Å². The second kappa shape index (κ2) is 5.01. The molecule has 0 aliphatic heterocycles. The van der Waals surface area contributed by atoms with Gasteiger partial charge in [-0.15, -0.1) is 0 Å². The Kier molecular flexibility index (Phi) is 4.15. The van der Waals surface area contributed by atoms with Gasteiger partial charge in [0, 0.05) is 0 Å². The van der Waals surface area contributed by atoms with Gasteiger partial charge in [-0.1, -0.05) is 18.2 Å². The Balaban J connectivity index is 3.34. The molecule has 0 fully saturated rings. The SMILES string of the molecule is CC(C)[N+](c1ccccc1)(C(C)C)C(C)C. The van der Waals surface area contributed by atoms with Crippen molar-refractivity contribution in [1.29, 1.82) is 0 Å². The monoisotopic (exact) mass is 220 g/mol. The number of benzene rings is 1. The van der Waals surface area contributed by atoms with E-state index in [1.54, 1.807) is 0 Å². The number of rotatable bonds is 4. The van der Waals surface area contributed by atoms with Gasteiger partial charge in [-0.3, -0.25) is 4.48 Å². The third kappa shape index (κ3) is 2.01. The molecule has 1 heteroatoms. The molecule has 90 valence electrons. The maximum Gasteiger partial charge on any atom is 0.133 e. The highest BCUT2D eigenvalue weighted by Crippen LogP contribution is 2.33. The summed E-state index contributed by atoms with van der Waals surface area (Å²) in [4.78, 5) is 0. The highest BCUT2D eigenvalue weighted by molar-refractivity contribution is 5.44. The number of nitrogens with zero attached hydrogens (tertiary/aromatic N) is 1. The van der Waals surface area contributed by atoms with Crippen LogP contribution in [0.5, 0.6) is 0 Å². The predicted molar refractivity (Wildman–Crippen MR) is 73.6 cm³/mol. The van der Waals surface area contributed by atoms with Gasteiger partial charge >= 0.3 is 0 Å². The first kappa shape index (κ1) is 13.2. The van der Waals surface area contributed by atoms with Gasteiger partial charge in [0.2, 0.25) is 0 Å². The van der Waals surface area contributed by atoms with E-state index in [1.165, 1.54) is 5.69 Å². The largest absolute Gasteiger partial charge is 0.285 e. The molecule has 0 bridgehead atoms. The van der Waals surface area contributed by atoms with Gasteiger partial charge in [0.15, 0.2) is 0 Å². The second-order valence-electron chi connectivity index (χ2n) is 5.45. The topological polar surface area (TPSA) is 0 Å². The van der Waals surface area contributed by atoms with Crippen LogP contribution in [-0.4, -0.2) is 18.1 Å². The highest BCUT2D eigenvalue weighted by Gasteiger charge is 2.39. The minimum atomic E-state index is 0.599. The summed E-state index contributed by atoms with van der Waals surface area (Å²) < 4.78 is 1.06. The fourth-order valence-electron chi connectivity index (χ4n) is 3.37. The lowest BCUT2D eigenvalue weighted by Gasteiger charge is -2.48. The first-order chi connectivity index (χ1) is 7.44. The molecular weight excluding hydrogens is 194 g/mol. The van der Waals surface area contributed by atoms with Crippen molar-refractivity contribution in [3.63, 3.8) is 0 Å². The molecule has 0 atom stereocenters. The van der Waals surface area contributed by atoms with E-state index in [-0.39, 0.29) is 0 Å². The Bertz CT molecular complexity index is 290. The van der Waals surface area contributed by atoms with Crippen molar-refractivity contribution >= 4 is 5.69 Å². The average Bonchev–Trinajstić information content (AvgIpc) is 2.18. The Morgan fingerprint density at radius 1 is 0.688 bits per heavy atom. The van der Waals surface area contributed by atoms with Crippen LogP contribution in [0.25, 0.3) is 0 Å². The van der Waals surface area contributed by atoms with E-state index < -0.39 is 0 Å². The zero-order chi connectivity index (χ0) is 12.3. The molecule has 1 aromatic carbocycles. The molecule has 0 aromatic heterocycles. The summed E-state index contributed by atoms with van der Waals surface area (Å²) in [6, 6.07) is 12.7. The smallest absolute Gasteiger partial charge is 0.133 e. The van der Waals surface area contributed by atoms with Crippen LogP contribution in [0.15, 0.2) is 30.3 Å². The molecule has 0 unspecified atom stereocenters. The van der Waals surface area contributed by atoms with Crippen molar-refractivity contribution in [1.82, 2.24) is 4.48 Å². The molecular formula is C15H26N+. The average molecular weight is 220 g/mol. The number of para-hydroxylation sites is 1. The third-order valence-corrected chi connectivity index (χ3v) is 3.77. The van der Waals surface area contributed by atoms with E-state index in [2.05, 4.69) is 71.9 Å². The lowest BCUT2D eigenvalue weighted by molar-refractivity contribution is 0.136. The molecule has 1 nitrogen and oxygen atoms in total. The molecule has 1 aromatic rings. The van der Waals surface area contributed by atoms with E-state index >= 15 is 0 Å². The normalized spacial score (nSPS) is 12.8. The van der Waals surface area contributed by atoms with Crippen molar-refractivity contribution in [2.45, 2.75) is 59.7 Å². The van der Waals surface area contributed by atoms with Crippen LogP contribution in [-0.2, 0) is 0 Å². The van der Waals surface area contributed by atoms with Gasteiger partial charge in [0.25, 0.3) is 0 Å². The molecule has 0 aliphatic rings. The lowest BCUT2D eigenvalue weighted by Crippen LogP contribution is -2.63. The molecule has 0 amide bonds. The fourth-order valence-corrected chi connectivity index (χ4v) is 3.37. The van der Waals surface area contributed by atoms with Gasteiger partial charge in [-0.25, -0.2) is 0 Å². The second-order valence-corrected chi connectivity index (χ2v) is 5.45. The van der Waals surface area contributed by atoms with E-state index in [0.29, 0.717) is 18.1 Å². The summed E-state index contributed by atoms with van der Waals surface area (Å²) >= 11 is 0. The zero-order valence-corrected chi connectivity index (χ0v) is 11.6. The fraction of sp³-hybridized carbons (Fsp3) is 0.600. The van der Waals surface area contributed by atoms with Gasteiger partial charge in [0.1, 0.15) is 5.69 Å². The summed E-state index contributed by atoms with van der Waals surface area (Å²) in [6.07, 6.45) is 0. The van der Waals surface area contributed by atoms with Gasteiger partial charge in [-0.05, 0) is 53.7 Å². The summed E-state index contributed by atoms with van der Waals surface area (Å²) in [5.41, 5.74) is 1.43. The molecule has 1 rings (SSSR count). The van der Waals surface area contributed by atoms with Crippen LogP contribution >= 0.6 is 0 Å². The van der Waals surface area contributed by atoms with Crippen molar-refractivity contribution in [2.75, 3.05) is 0 Å². The number of hydrogen-bond donors (Lipinski definition) is 0. The molecule has 0 radical (unpaired) electrons. The molecule has 0 N–H and O–H groups in total. The lowest BCUT2D eigenvalue weighted by atomic mass is 10.0. The van der Waals surface area contributed by atoms with Crippen LogP contribution < -0.4 is 4.48 Å². The van der Waals surface area contributed by atoms with Crippen molar-refractivity contribution in [3.05, 3.63) is 30.3 Å². The van der Waals surface area contributed by atoms with Gasteiger partial charge in [0.05, 0.1) is 18.1 Å². The third-order valence-electron chi connectivity index (χ3n) is 3.77. The first-order valence-electron chi connectivity index (χ1n) is 6.37.